The summed E-state index contributed by atoms with van der Waals surface area (Å²) in [6, 6.07) is 0. The van der Waals surface area contributed by atoms with Crippen molar-refractivity contribution in [1.82, 2.24) is 24.5 Å². The lowest BCUT2D eigenvalue weighted by Crippen LogP contribution is -2.12. The fraction of sp³-hybridized carbons (Fsp3) is 0.571. The Morgan fingerprint density at radius 3 is 2.90 bits per heavy atom. The van der Waals surface area contributed by atoms with Gasteiger partial charge in [0.15, 0.2) is 5.69 Å². The van der Waals surface area contributed by atoms with Gasteiger partial charge in [-0.25, -0.2) is 14.5 Å². The summed E-state index contributed by atoms with van der Waals surface area (Å²) in [6.45, 7) is 2.81. The predicted molar refractivity (Wildman–Crippen MR) is 74.9 cm³/mol. The lowest BCUT2D eigenvalue weighted by molar-refractivity contribution is 0.0518. The quantitative estimate of drug-likeness (QED) is 0.749. The fourth-order valence-electron chi connectivity index (χ4n) is 2.43. The van der Waals surface area contributed by atoms with Gasteiger partial charge in [0.25, 0.3) is 0 Å². The first-order valence-corrected chi connectivity index (χ1v) is 7.27. The van der Waals surface area contributed by atoms with Gasteiger partial charge in [-0.1, -0.05) is 5.21 Å². The molecule has 1 aliphatic carbocycles. The zero-order valence-electron chi connectivity index (χ0n) is 12.3. The fourth-order valence-corrected chi connectivity index (χ4v) is 2.43. The molecular weight excluding hydrogens is 270 g/mol. The van der Waals surface area contributed by atoms with Gasteiger partial charge >= 0.3 is 5.97 Å². The first kappa shape index (κ1) is 13.8. The molecule has 0 radical (unpaired) electrons. The molecule has 0 amide bonds. The molecular formula is C14H19N5O2. The van der Waals surface area contributed by atoms with Gasteiger partial charge in [-0.3, -0.25) is 0 Å². The van der Waals surface area contributed by atoms with Crippen molar-refractivity contribution in [3.05, 3.63) is 29.6 Å². The topological polar surface area (TPSA) is 74.8 Å². The standard InChI is InChI=1S/C14H19N5O2/c1-3-21-14(20)12-13(10-4-5-10)19(17-16-12)8-6-11-15-7-9-18(11)2/h7,9-10H,3-6,8H2,1-2H3. The summed E-state index contributed by atoms with van der Waals surface area (Å²) in [4.78, 5) is 16.2. The Morgan fingerprint density at radius 2 is 2.29 bits per heavy atom. The van der Waals surface area contributed by atoms with Crippen molar-refractivity contribution in [3.8, 4) is 0 Å². The molecule has 0 unspecified atom stereocenters. The summed E-state index contributed by atoms with van der Waals surface area (Å²) >= 11 is 0. The molecule has 0 N–H and O–H groups in total. The molecule has 112 valence electrons. The maximum Gasteiger partial charge on any atom is 0.360 e. The summed E-state index contributed by atoms with van der Waals surface area (Å²) in [5, 5.41) is 8.17. The number of aromatic nitrogens is 5. The number of aryl methyl sites for hydroxylation is 3. The van der Waals surface area contributed by atoms with Crippen LogP contribution in [0.3, 0.4) is 0 Å². The Morgan fingerprint density at radius 1 is 1.48 bits per heavy atom. The first-order valence-electron chi connectivity index (χ1n) is 7.27. The summed E-state index contributed by atoms with van der Waals surface area (Å²) in [7, 11) is 1.97. The van der Waals surface area contributed by atoms with Crippen LogP contribution in [-0.4, -0.2) is 37.1 Å². The number of rotatable bonds is 6. The van der Waals surface area contributed by atoms with E-state index in [0.717, 1.165) is 30.8 Å². The van der Waals surface area contributed by atoms with Gasteiger partial charge in [0.2, 0.25) is 0 Å². The molecule has 0 spiro atoms. The smallest absolute Gasteiger partial charge is 0.360 e. The number of ether oxygens (including phenoxy) is 1. The third kappa shape index (κ3) is 2.81. The number of nitrogens with zero attached hydrogens (tertiary/aromatic N) is 5. The maximum atomic E-state index is 11.9. The molecule has 2 aromatic heterocycles. The molecule has 0 aliphatic heterocycles. The van der Waals surface area contributed by atoms with E-state index >= 15 is 0 Å². The Hall–Kier alpha value is -2.18. The number of carbonyl (C=O) groups is 1. The Labute approximate surface area is 122 Å². The van der Waals surface area contributed by atoms with Gasteiger partial charge in [0, 0.05) is 31.8 Å². The summed E-state index contributed by atoms with van der Waals surface area (Å²) in [5.41, 5.74) is 1.29. The third-order valence-corrected chi connectivity index (χ3v) is 3.67. The molecule has 1 fully saturated rings. The van der Waals surface area contributed by atoms with Gasteiger partial charge in [0.05, 0.1) is 18.8 Å². The number of esters is 1. The minimum atomic E-state index is -0.373. The van der Waals surface area contributed by atoms with Gasteiger partial charge in [0.1, 0.15) is 5.82 Å². The van der Waals surface area contributed by atoms with Crippen molar-refractivity contribution in [2.45, 2.75) is 38.6 Å². The molecule has 2 heterocycles. The molecule has 0 saturated heterocycles. The van der Waals surface area contributed by atoms with E-state index in [4.69, 9.17) is 4.74 Å². The maximum absolute atomic E-state index is 11.9. The van der Waals surface area contributed by atoms with E-state index < -0.39 is 0 Å². The van der Waals surface area contributed by atoms with Crippen LogP contribution in [0.2, 0.25) is 0 Å². The first-order chi connectivity index (χ1) is 10.2. The number of hydrogen-bond acceptors (Lipinski definition) is 5. The average molecular weight is 289 g/mol. The van der Waals surface area contributed by atoms with E-state index in [0.29, 0.717) is 24.8 Å². The van der Waals surface area contributed by atoms with Crippen molar-refractivity contribution in [2.75, 3.05) is 6.61 Å². The number of carbonyl (C=O) groups excluding carboxylic acids is 1. The highest BCUT2D eigenvalue weighted by atomic mass is 16.5. The molecule has 3 rings (SSSR count). The highest BCUT2D eigenvalue weighted by Gasteiger charge is 2.34. The monoisotopic (exact) mass is 289 g/mol. The molecule has 0 bridgehead atoms. The van der Waals surface area contributed by atoms with Crippen molar-refractivity contribution in [1.29, 1.82) is 0 Å². The summed E-state index contributed by atoms with van der Waals surface area (Å²) in [6.07, 6.45) is 6.63. The van der Waals surface area contributed by atoms with Crippen LogP contribution in [0.4, 0.5) is 0 Å². The molecule has 0 atom stereocenters. The van der Waals surface area contributed by atoms with Gasteiger partial charge in [-0.2, -0.15) is 0 Å². The number of hydrogen-bond donors (Lipinski definition) is 0. The third-order valence-electron chi connectivity index (χ3n) is 3.67. The Bertz CT molecular complexity index is 642. The average Bonchev–Trinajstić information content (AvgIpc) is 3.08. The molecule has 7 nitrogen and oxygen atoms in total. The van der Waals surface area contributed by atoms with Crippen molar-refractivity contribution >= 4 is 5.97 Å². The van der Waals surface area contributed by atoms with Crippen LogP contribution in [0.5, 0.6) is 0 Å². The lowest BCUT2D eigenvalue weighted by Gasteiger charge is -2.07. The van der Waals surface area contributed by atoms with Crippen molar-refractivity contribution in [3.63, 3.8) is 0 Å². The SMILES string of the molecule is CCOC(=O)c1nnn(CCc2nccn2C)c1C1CC1. The van der Waals surface area contributed by atoms with Crippen molar-refractivity contribution < 1.29 is 9.53 Å². The predicted octanol–water partition coefficient (Wildman–Crippen LogP) is 1.31. The second kappa shape index (κ2) is 5.67. The highest BCUT2D eigenvalue weighted by molar-refractivity contribution is 5.88. The molecule has 21 heavy (non-hydrogen) atoms. The van der Waals surface area contributed by atoms with Crippen LogP contribution in [0.25, 0.3) is 0 Å². The number of imidazole rings is 1. The molecule has 1 aliphatic rings. The molecule has 0 aromatic carbocycles. The van der Waals surface area contributed by atoms with Crippen LogP contribution >= 0.6 is 0 Å². The highest BCUT2D eigenvalue weighted by Crippen LogP contribution is 2.41. The van der Waals surface area contributed by atoms with E-state index in [9.17, 15) is 4.79 Å². The van der Waals surface area contributed by atoms with E-state index in [1.165, 1.54) is 0 Å². The van der Waals surface area contributed by atoms with Gasteiger partial charge in [-0.15, -0.1) is 5.10 Å². The van der Waals surface area contributed by atoms with Crippen molar-refractivity contribution in [2.24, 2.45) is 7.05 Å². The minimum Gasteiger partial charge on any atom is -0.461 e. The van der Waals surface area contributed by atoms with Crippen LogP contribution in [0.1, 0.15) is 47.7 Å². The molecule has 1 saturated carbocycles. The van der Waals surface area contributed by atoms with E-state index in [1.54, 1.807) is 13.1 Å². The second-order valence-electron chi connectivity index (χ2n) is 5.25. The van der Waals surface area contributed by atoms with Gasteiger partial charge in [-0.05, 0) is 19.8 Å². The largest absolute Gasteiger partial charge is 0.461 e. The second-order valence-corrected chi connectivity index (χ2v) is 5.25. The van der Waals surface area contributed by atoms with Crippen LogP contribution < -0.4 is 0 Å². The summed E-state index contributed by atoms with van der Waals surface area (Å²) in [5.74, 6) is 1.01. The Balaban J connectivity index is 1.79. The van der Waals surface area contributed by atoms with E-state index in [1.807, 2.05) is 22.5 Å². The minimum absolute atomic E-state index is 0.350. The van der Waals surface area contributed by atoms with Crippen LogP contribution in [0.15, 0.2) is 12.4 Å². The Kier molecular flexibility index (Phi) is 3.72. The summed E-state index contributed by atoms with van der Waals surface area (Å²) < 4.78 is 8.88. The van der Waals surface area contributed by atoms with E-state index in [-0.39, 0.29) is 5.97 Å². The molecule has 2 aromatic rings. The van der Waals surface area contributed by atoms with Crippen LogP contribution in [-0.2, 0) is 24.8 Å². The normalized spacial score (nSPS) is 14.4. The van der Waals surface area contributed by atoms with E-state index in [2.05, 4.69) is 15.3 Å². The van der Waals surface area contributed by atoms with Gasteiger partial charge < -0.3 is 9.30 Å². The lowest BCUT2D eigenvalue weighted by atomic mass is 10.2. The molecule has 7 heteroatoms. The zero-order valence-corrected chi connectivity index (χ0v) is 12.3. The van der Waals surface area contributed by atoms with Crippen LogP contribution in [0, 0.1) is 0 Å². The zero-order chi connectivity index (χ0) is 14.8.